The SMILES string of the molecule is CCOc1ccc2nc(NC(=O)Cc3csc(SCC(=O)c4ccc5c(c4)OCO5)n3)sc2c1. The minimum absolute atomic E-state index is 0.0267. The van der Waals surface area contributed by atoms with Gasteiger partial charge in [0.25, 0.3) is 0 Å². The van der Waals surface area contributed by atoms with Crippen LogP contribution in [-0.4, -0.2) is 40.8 Å². The third kappa shape index (κ3) is 5.16. The van der Waals surface area contributed by atoms with Crippen LogP contribution < -0.4 is 19.5 Å². The van der Waals surface area contributed by atoms with Crippen LogP contribution in [0.5, 0.6) is 17.2 Å². The number of nitrogens with zero attached hydrogens (tertiary/aromatic N) is 2. The minimum atomic E-state index is -0.192. The van der Waals surface area contributed by atoms with E-state index < -0.39 is 0 Å². The number of amides is 1. The van der Waals surface area contributed by atoms with Gasteiger partial charge in [0.1, 0.15) is 5.75 Å². The molecule has 11 heteroatoms. The number of ketones is 1. The van der Waals surface area contributed by atoms with Gasteiger partial charge in [0.05, 0.1) is 34.7 Å². The van der Waals surface area contributed by atoms with E-state index >= 15 is 0 Å². The molecule has 0 radical (unpaired) electrons. The summed E-state index contributed by atoms with van der Waals surface area (Å²) in [6.07, 6.45) is 0.132. The van der Waals surface area contributed by atoms with Gasteiger partial charge in [0, 0.05) is 10.9 Å². The first kappa shape index (κ1) is 22.6. The molecule has 0 aliphatic carbocycles. The lowest BCUT2D eigenvalue weighted by molar-refractivity contribution is -0.115. The van der Waals surface area contributed by atoms with Crippen LogP contribution in [0, 0.1) is 0 Å². The Morgan fingerprint density at radius 1 is 1.15 bits per heavy atom. The Morgan fingerprint density at radius 2 is 2.03 bits per heavy atom. The summed E-state index contributed by atoms with van der Waals surface area (Å²) < 4.78 is 17.8. The molecule has 174 valence electrons. The van der Waals surface area contributed by atoms with Crippen molar-refractivity contribution in [2.45, 2.75) is 17.7 Å². The average Bonchev–Trinajstić information content (AvgIpc) is 3.56. The largest absolute Gasteiger partial charge is 0.494 e. The van der Waals surface area contributed by atoms with Gasteiger partial charge >= 0.3 is 0 Å². The quantitative estimate of drug-likeness (QED) is 0.246. The zero-order valence-corrected chi connectivity index (χ0v) is 20.5. The first-order chi connectivity index (χ1) is 16.6. The number of thioether (sulfide) groups is 1. The molecule has 1 aliphatic rings. The topological polar surface area (TPSA) is 99.6 Å². The molecule has 0 saturated carbocycles. The Labute approximate surface area is 207 Å². The van der Waals surface area contributed by atoms with Crippen LogP contribution in [0.4, 0.5) is 5.13 Å². The number of hydrogen-bond acceptors (Lipinski definition) is 10. The number of aromatic nitrogens is 2. The van der Waals surface area contributed by atoms with Crippen LogP contribution in [0.3, 0.4) is 0 Å². The van der Waals surface area contributed by atoms with Crippen LogP contribution in [0.2, 0.25) is 0 Å². The first-order valence-electron chi connectivity index (χ1n) is 10.4. The maximum Gasteiger partial charge on any atom is 0.232 e. The van der Waals surface area contributed by atoms with Crippen molar-refractivity contribution in [1.29, 1.82) is 0 Å². The highest BCUT2D eigenvalue weighted by Crippen LogP contribution is 2.33. The molecule has 0 spiro atoms. The second-order valence-corrected chi connectivity index (χ2v) is 10.3. The van der Waals surface area contributed by atoms with Gasteiger partial charge in [-0.2, -0.15) is 0 Å². The molecule has 2 aromatic carbocycles. The van der Waals surface area contributed by atoms with Crippen molar-refractivity contribution in [2.24, 2.45) is 0 Å². The van der Waals surface area contributed by atoms with Crippen molar-refractivity contribution < 1.29 is 23.8 Å². The highest BCUT2D eigenvalue weighted by Gasteiger charge is 2.17. The molecule has 4 aromatic rings. The summed E-state index contributed by atoms with van der Waals surface area (Å²) in [7, 11) is 0. The summed E-state index contributed by atoms with van der Waals surface area (Å²) in [4.78, 5) is 33.9. The fourth-order valence-electron chi connectivity index (χ4n) is 3.26. The number of hydrogen-bond donors (Lipinski definition) is 1. The molecule has 8 nitrogen and oxygen atoms in total. The smallest absolute Gasteiger partial charge is 0.232 e. The lowest BCUT2D eigenvalue weighted by Crippen LogP contribution is -2.14. The second kappa shape index (κ2) is 10.00. The molecule has 5 rings (SSSR count). The lowest BCUT2D eigenvalue weighted by atomic mass is 10.1. The van der Waals surface area contributed by atoms with Gasteiger partial charge in [-0.15, -0.1) is 11.3 Å². The van der Waals surface area contributed by atoms with Gasteiger partial charge in [-0.3, -0.25) is 9.59 Å². The summed E-state index contributed by atoms with van der Waals surface area (Å²) in [6.45, 7) is 2.70. The molecule has 0 bridgehead atoms. The highest BCUT2D eigenvalue weighted by atomic mass is 32.2. The van der Waals surface area contributed by atoms with Gasteiger partial charge in [0.2, 0.25) is 12.7 Å². The van der Waals surface area contributed by atoms with Gasteiger partial charge in [-0.05, 0) is 43.3 Å². The normalized spacial score (nSPS) is 12.1. The molecule has 0 saturated heterocycles. The number of nitrogens with one attached hydrogen (secondary N) is 1. The van der Waals surface area contributed by atoms with E-state index in [0.29, 0.717) is 34.5 Å². The zero-order chi connectivity index (χ0) is 23.5. The fraction of sp³-hybridized carbons (Fsp3) is 0.217. The van der Waals surface area contributed by atoms with E-state index in [-0.39, 0.29) is 30.7 Å². The summed E-state index contributed by atoms with van der Waals surface area (Å²) in [6, 6.07) is 10.8. The van der Waals surface area contributed by atoms with E-state index in [0.717, 1.165) is 20.3 Å². The van der Waals surface area contributed by atoms with Crippen LogP contribution in [-0.2, 0) is 11.2 Å². The second-order valence-electron chi connectivity index (χ2n) is 7.19. The summed E-state index contributed by atoms with van der Waals surface area (Å²) in [5, 5.41) is 5.21. The molecule has 3 heterocycles. The predicted molar refractivity (Wildman–Crippen MR) is 133 cm³/mol. The third-order valence-corrected chi connectivity index (χ3v) is 7.81. The van der Waals surface area contributed by atoms with E-state index in [1.807, 2.05) is 30.5 Å². The maximum absolute atomic E-state index is 12.5. The van der Waals surface area contributed by atoms with E-state index in [1.54, 1.807) is 18.2 Å². The van der Waals surface area contributed by atoms with Crippen LogP contribution >= 0.6 is 34.4 Å². The monoisotopic (exact) mass is 513 g/mol. The van der Waals surface area contributed by atoms with Crippen LogP contribution in [0.25, 0.3) is 10.2 Å². The molecule has 0 unspecified atom stereocenters. The van der Waals surface area contributed by atoms with Gasteiger partial charge in [-0.1, -0.05) is 23.1 Å². The van der Waals surface area contributed by atoms with Gasteiger partial charge in [0.15, 0.2) is 26.8 Å². The molecule has 0 fully saturated rings. The Hall–Kier alpha value is -3.15. The van der Waals surface area contributed by atoms with E-state index in [1.165, 1.54) is 34.4 Å². The molecule has 2 aromatic heterocycles. The lowest BCUT2D eigenvalue weighted by Gasteiger charge is -2.01. The van der Waals surface area contributed by atoms with Crippen molar-refractivity contribution in [3.63, 3.8) is 0 Å². The van der Waals surface area contributed by atoms with Crippen LogP contribution in [0.1, 0.15) is 23.0 Å². The zero-order valence-electron chi connectivity index (χ0n) is 18.0. The number of benzene rings is 2. The average molecular weight is 514 g/mol. The number of Topliss-reactive ketones (excluding diaryl/α,β-unsaturated/α-hetero) is 1. The van der Waals surface area contributed by atoms with Gasteiger partial charge in [-0.25, -0.2) is 9.97 Å². The molecule has 1 N–H and O–H groups in total. The molecule has 1 amide bonds. The number of rotatable bonds is 9. The number of carbonyl (C=O) groups is 2. The highest BCUT2D eigenvalue weighted by molar-refractivity contribution is 8.01. The Morgan fingerprint density at radius 3 is 2.91 bits per heavy atom. The first-order valence-corrected chi connectivity index (χ1v) is 13.1. The van der Waals surface area contributed by atoms with Crippen molar-refractivity contribution in [2.75, 3.05) is 24.5 Å². The molecular weight excluding hydrogens is 494 g/mol. The minimum Gasteiger partial charge on any atom is -0.494 e. The number of anilines is 1. The summed E-state index contributed by atoms with van der Waals surface area (Å²) in [5.74, 6) is 2.03. The Balaban J connectivity index is 1.14. The fourth-order valence-corrected chi connectivity index (χ4v) is 5.91. The van der Waals surface area contributed by atoms with Crippen LogP contribution in [0.15, 0.2) is 46.1 Å². The maximum atomic E-state index is 12.5. The third-order valence-electron chi connectivity index (χ3n) is 4.81. The molecule has 1 aliphatic heterocycles. The summed E-state index contributed by atoms with van der Waals surface area (Å²) in [5.41, 5.74) is 2.03. The van der Waals surface area contributed by atoms with E-state index in [9.17, 15) is 9.59 Å². The van der Waals surface area contributed by atoms with Crippen molar-refractivity contribution in [3.8, 4) is 17.2 Å². The molecular formula is C23H19N3O5S3. The summed E-state index contributed by atoms with van der Waals surface area (Å²) >= 11 is 4.16. The van der Waals surface area contributed by atoms with Crippen molar-refractivity contribution >= 4 is 61.5 Å². The number of fused-ring (bicyclic) bond motifs is 2. The Kier molecular flexibility index (Phi) is 6.66. The van der Waals surface area contributed by atoms with Gasteiger partial charge < -0.3 is 19.5 Å². The van der Waals surface area contributed by atoms with E-state index in [2.05, 4.69) is 15.3 Å². The predicted octanol–water partition coefficient (Wildman–Crippen LogP) is 5.04. The standard InChI is InChI=1S/C23H19N3O5S3/c1-2-29-15-4-5-16-20(9-15)34-22(25-16)26-21(28)8-14-10-32-23(24-14)33-11-17(27)13-3-6-18-19(7-13)31-12-30-18/h3-7,9-10H,2,8,11-12H2,1H3,(H,25,26,28). The molecule has 0 atom stereocenters. The van der Waals surface area contributed by atoms with Crippen molar-refractivity contribution in [1.82, 2.24) is 9.97 Å². The number of ether oxygens (including phenoxy) is 3. The Bertz CT molecular complexity index is 1370. The number of thiazole rings is 2. The van der Waals surface area contributed by atoms with Crippen molar-refractivity contribution in [3.05, 3.63) is 53.0 Å². The van der Waals surface area contributed by atoms with E-state index in [4.69, 9.17) is 14.2 Å². The number of carbonyl (C=O) groups excluding carboxylic acids is 2. The molecule has 34 heavy (non-hydrogen) atoms.